The molecule has 2 fully saturated rings. The molecule has 2 aliphatic heterocycles. The van der Waals surface area contributed by atoms with Gasteiger partial charge in [-0.1, -0.05) is 6.07 Å². The van der Waals surface area contributed by atoms with E-state index in [2.05, 4.69) is 17.0 Å². The van der Waals surface area contributed by atoms with Gasteiger partial charge in [0.1, 0.15) is 5.82 Å². The van der Waals surface area contributed by atoms with Gasteiger partial charge in [-0.15, -0.1) is 0 Å². The second-order valence-electron chi connectivity index (χ2n) is 5.44. The molecule has 0 N–H and O–H groups in total. The number of pyridine rings is 1. The number of aromatic nitrogens is 1. The Kier molecular flexibility index (Phi) is 3.87. The van der Waals surface area contributed by atoms with E-state index in [4.69, 9.17) is 9.72 Å². The van der Waals surface area contributed by atoms with Crippen molar-refractivity contribution in [2.24, 2.45) is 0 Å². The van der Waals surface area contributed by atoms with Crippen LogP contribution < -0.4 is 4.90 Å². The third-order valence-electron chi connectivity index (χ3n) is 4.24. The quantitative estimate of drug-likeness (QED) is 0.785. The smallest absolute Gasteiger partial charge is 0.210 e. The fraction of sp³-hybridized carbons (Fsp3) is 0.600. The predicted octanol–water partition coefficient (Wildman–Crippen LogP) is 1.52. The molecular formula is C15H21N3O2. The van der Waals surface area contributed by atoms with E-state index < -0.39 is 0 Å². The van der Waals surface area contributed by atoms with E-state index in [-0.39, 0.29) is 6.04 Å². The van der Waals surface area contributed by atoms with Crippen molar-refractivity contribution in [1.82, 2.24) is 9.88 Å². The summed E-state index contributed by atoms with van der Waals surface area (Å²) < 4.78 is 5.37. The summed E-state index contributed by atoms with van der Waals surface area (Å²) in [7, 11) is 0. The van der Waals surface area contributed by atoms with Gasteiger partial charge in [-0.05, 0) is 31.4 Å². The van der Waals surface area contributed by atoms with Crippen LogP contribution in [0.25, 0.3) is 0 Å². The average molecular weight is 275 g/mol. The molecule has 0 radical (unpaired) electrons. The molecule has 5 nitrogen and oxygen atoms in total. The van der Waals surface area contributed by atoms with Crippen molar-refractivity contribution in [1.29, 1.82) is 0 Å². The first-order valence-corrected chi connectivity index (χ1v) is 7.31. The van der Waals surface area contributed by atoms with Crippen molar-refractivity contribution in [2.45, 2.75) is 25.8 Å². The minimum absolute atomic E-state index is 0.207. The van der Waals surface area contributed by atoms with Gasteiger partial charge in [-0.25, -0.2) is 4.98 Å². The molecule has 108 valence electrons. The summed E-state index contributed by atoms with van der Waals surface area (Å²) in [6.45, 7) is 6.23. The van der Waals surface area contributed by atoms with Crippen molar-refractivity contribution in [3.63, 3.8) is 0 Å². The third kappa shape index (κ3) is 2.50. The first-order chi connectivity index (χ1) is 9.79. The van der Waals surface area contributed by atoms with Crippen LogP contribution in [0.15, 0.2) is 12.1 Å². The molecule has 3 rings (SSSR count). The number of morpholine rings is 1. The topological polar surface area (TPSA) is 45.7 Å². The van der Waals surface area contributed by atoms with E-state index >= 15 is 0 Å². The summed E-state index contributed by atoms with van der Waals surface area (Å²) in [5.41, 5.74) is 2.22. The molecule has 2 aliphatic rings. The van der Waals surface area contributed by atoms with E-state index in [1.807, 2.05) is 11.8 Å². The van der Waals surface area contributed by atoms with Crippen molar-refractivity contribution in [3.05, 3.63) is 23.4 Å². The molecule has 1 atom stereocenters. The number of carbonyl (C=O) groups excluding carboxylic acids is 1. The van der Waals surface area contributed by atoms with Gasteiger partial charge in [-0.3, -0.25) is 4.79 Å². The number of likely N-dealkylation sites (tertiary alicyclic amines) is 1. The highest BCUT2D eigenvalue weighted by Gasteiger charge is 2.26. The monoisotopic (exact) mass is 275 g/mol. The fourth-order valence-corrected chi connectivity index (χ4v) is 3.13. The molecule has 2 saturated heterocycles. The first kappa shape index (κ1) is 13.4. The van der Waals surface area contributed by atoms with Crippen LogP contribution in [0, 0.1) is 6.92 Å². The molecular weight excluding hydrogens is 254 g/mol. The summed E-state index contributed by atoms with van der Waals surface area (Å²) in [5.74, 6) is 1.02. The Morgan fingerprint density at radius 2 is 2.10 bits per heavy atom. The SMILES string of the molecule is Cc1nc(N2CCOCC2)ccc1[C@@H]1CCCN1C=O. The number of nitrogens with zero attached hydrogens (tertiary/aromatic N) is 3. The molecule has 3 heterocycles. The number of anilines is 1. The normalized spacial score (nSPS) is 23.1. The zero-order valence-corrected chi connectivity index (χ0v) is 11.9. The molecule has 0 spiro atoms. The first-order valence-electron chi connectivity index (χ1n) is 7.31. The summed E-state index contributed by atoms with van der Waals surface area (Å²) in [6.07, 6.45) is 3.08. The zero-order chi connectivity index (χ0) is 13.9. The van der Waals surface area contributed by atoms with E-state index in [1.165, 1.54) is 5.56 Å². The molecule has 1 aromatic heterocycles. The van der Waals surface area contributed by atoms with Gasteiger partial charge in [0.15, 0.2) is 0 Å². The fourth-order valence-electron chi connectivity index (χ4n) is 3.13. The molecule has 1 amide bonds. The highest BCUT2D eigenvalue weighted by atomic mass is 16.5. The zero-order valence-electron chi connectivity index (χ0n) is 11.9. The summed E-state index contributed by atoms with van der Waals surface area (Å²) >= 11 is 0. The van der Waals surface area contributed by atoms with Gasteiger partial charge in [0, 0.05) is 25.3 Å². The van der Waals surface area contributed by atoms with Gasteiger partial charge in [0.25, 0.3) is 0 Å². The van der Waals surface area contributed by atoms with Crippen LogP contribution in [-0.2, 0) is 9.53 Å². The Morgan fingerprint density at radius 3 is 2.80 bits per heavy atom. The number of amides is 1. The largest absolute Gasteiger partial charge is 0.378 e. The predicted molar refractivity (Wildman–Crippen MR) is 76.8 cm³/mol. The lowest BCUT2D eigenvalue weighted by molar-refractivity contribution is -0.118. The molecule has 1 aromatic rings. The minimum Gasteiger partial charge on any atom is -0.378 e. The van der Waals surface area contributed by atoms with Crippen molar-refractivity contribution >= 4 is 12.2 Å². The van der Waals surface area contributed by atoms with Gasteiger partial charge in [-0.2, -0.15) is 0 Å². The Labute approximate surface area is 119 Å². The van der Waals surface area contributed by atoms with E-state index in [0.29, 0.717) is 0 Å². The highest BCUT2D eigenvalue weighted by molar-refractivity contribution is 5.51. The maximum atomic E-state index is 11.1. The molecule has 0 aliphatic carbocycles. The lowest BCUT2D eigenvalue weighted by Gasteiger charge is -2.29. The number of ether oxygens (including phenoxy) is 1. The van der Waals surface area contributed by atoms with Crippen molar-refractivity contribution in [2.75, 3.05) is 37.7 Å². The van der Waals surface area contributed by atoms with E-state index in [1.54, 1.807) is 0 Å². The second kappa shape index (κ2) is 5.79. The van der Waals surface area contributed by atoms with Crippen LogP contribution in [-0.4, -0.2) is 49.1 Å². The molecule has 0 unspecified atom stereocenters. The van der Waals surface area contributed by atoms with Crippen molar-refractivity contribution < 1.29 is 9.53 Å². The second-order valence-corrected chi connectivity index (χ2v) is 5.44. The van der Waals surface area contributed by atoms with Crippen LogP contribution in [0.2, 0.25) is 0 Å². The number of hydrogen-bond donors (Lipinski definition) is 0. The molecule has 0 saturated carbocycles. The summed E-state index contributed by atoms with van der Waals surface area (Å²) in [5, 5.41) is 0. The van der Waals surface area contributed by atoms with Gasteiger partial charge < -0.3 is 14.5 Å². The maximum absolute atomic E-state index is 11.1. The average Bonchev–Trinajstić information content (AvgIpc) is 2.96. The Morgan fingerprint density at radius 1 is 1.30 bits per heavy atom. The minimum atomic E-state index is 0.207. The van der Waals surface area contributed by atoms with Crippen LogP contribution in [0.3, 0.4) is 0 Å². The number of rotatable bonds is 3. The standard InChI is InChI=1S/C15H21N3O2/c1-12-13(14-3-2-6-18(14)11-19)4-5-15(16-12)17-7-9-20-10-8-17/h4-5,11,14H,2-3,6-10H2,1H3/t14-/m0/s1. The van der Waals surface area contributed by atoms with Gasteiger partial charge >= 0.3 is 0 Å². The van der Waals surface area contributed by atoms with E-state index in [0.717, 1.165) is 63.6 Å². The molecule has 20 heavy (non-hydrogen) atoms. The highest BCUT2D eigenvalue weighted by Crippen LogP contribution is 2.32. The maximum Gasteiger partial charge on any atom is 0.210 e. The number of hydrogen-bond acceptors (Lipinski definition) is 4. The Bertz CT molecular complexity index is 486. The van der Waals surface area contributed by atoms with Gasteiger partial charge in [0.2, 0.25) is 6.41 Å². The summed E-state index contributed by atoms with van der Waals surface area (Å²) in [6, 6.07) is 4.42. The van der Waals surface area contributed by atoms with Crippen LogP contribution in [0.5, 0.6) is 0 Å². The number of carbonyl (C=O) groups is 1. The lowest BCUT2D eigenvalue weighted by Crippen LogP contribution is -2.36. The Hall–Kier alpha value is -1.62. The summed E-state index contributed by atoms with van der Waals surface area (Å²) in [4.78, 5) is 20.0. The van der Waals surface area contributed by atoms with Gasteiger partial charge in [0.05, 0.1) is 19.3 Å². The number of aryl methyl sites for hydroxylation is 1. The van der Waals surface area contributed by atoms with Crippen LogP contribution >= 0.6 is 0 Å². The van der Waals surface area contributed by atoms with Crippen LogP contribution in [0.1, 0.15) is 30.1 Å². The molecule has 0 bridgehead atoms. The Balaban J connectivity index is 1.81. The third-order valence-corrected chi connectivity index (χ3v) is 4.24. The molecule has 0 aromatic carbocycles. The van der Waals surface area contributed by atoms with Crippen molar-refractivity contribution in [3.8, 4) is 0 Å². The van der Waals surface area contributed by atoms with Crippen LogP contribution in [0.4, 0.5) is 5.82 Å². The lowest BCUT2D eigenvalue weighted by atomic mass is 10.0. The molecule has 5 heteroatoms. The van der Waals surface area contributed by atoms with E-state index in [9.17, 15) is 4.79 Å².